The van der Waals surface area contributed by atoms with Gasteiger partial charge in [0.15, 0.2) is 5.82 Å². The molecule has 0 radical (unpaired) electrons. The molecule has 2 N–H and O–H groups in total. The highest BCUT2D eigenvalue weighted by atomic mass is 19.4. The van der Waals surface area contributed by atoms with Crippen molar-refractivity contribution in [3.63, 3.8) is 0 Å². The summed E-state index contributed by atoms with van der Waals surface area (Å²) < 4.78 is 46.3. The van der Waals surface area contributed by atoms with E-state index < -0.39 is 11.7 Å². The number of hydrogen-bond donors (Lipinski definition) is 1. The van der Waals surface area contributed by atoms with E-state index in [2.05, 4.69) is 9.55 Å². The molecule has 0 unspecified atom stereocenters. The number of carbonyl (C=O) groups is 1. The van der Waals surface area contributed by atoms with Crippen LogP contribution in [-0.4, -0.2) is 45.0 Å². The van der Waals surface area contributed by atoms with Crippen LogP contribution in [0.3, 0.4) is 0 Å². The highest BCUT2D eigenvalue weighted by molar-refractivity contribution is 5.94. The fraction of sp³-hybridized carbons (Fsp3) is 0.500. The Bertz CT molecular complexity index is 1230. The molecule has 3 heterocycles. The van der Waals surface area contributed by atoms with Crippen LogP contribution in [-0.2, 0) is 24.1 Å². The first-order valence-corrected chi connectivity index (χ1v) is 12.3. The van der Waals surface area contributed by atoms with Crippen LogP contribution in [0.25, 0.3) is 11.0 Å². The molecule has 0 atom stereocenters. The van der Waals surface area contributed by atoms with E-state index in [4.69, 9.17) is 15.5 Å². The van der Waals surface area contributed by atoms with Crippen LogP contribution in [0.5, 0.6) is 0 Å². The summed E-state index contributed by atoms with van der Waals surface area (Å²) in [6.45, 7) is 8.79. The number of fused-ring (bicyclic) bond motifs is 1. The van der Waals surface area contributed by atoms with E-state index >= 15 is 0 Å². The minimum Gasteiger partial charge on any atom is -0.382 e. The van der Waals surface area contributed by atoms with E-state index in [1.165, 1.54) is 12.1 Å². The number of imidazole rings is 1. The molecular weight excluding hydrogens is 471 g/mol. The SMILES string of the molecule is CCOCc1nc2c(N)nc(C)c(C)c2n1CCC1CCN(C(=O)c2ccc(C(F)(F)F)cc2)CC1. The second-order valence-electron chi connectivity index (χ2n) is 9.32. The average molecular weight is 504 g/mol. The molecule has 3 aromatic rings. The molecule has 1 aromatic carbocycles. The molecule has 0 aliphatic carbocycles. The Kier molecular flexibility index (Phi) is 7.54. The molecule has 36 heavy (non-hydrogen) atoms. The summed E-state index contributed by atoms with van der Waals surface area (Å²) >= 11 is 0. The number of nitrogen functional groups attached to an aromatic ring is 1. The molecule has 1 saturated heterocycles. The number of pyridine rings is 1. The van der Waals surface area contributed by atoms with Crippen molar-refractivity contribution in [3.8, 4) is 0 Å². The Morgan fingerprint density at radius 3 is 2.42 bits per heavy atom. The van der Waals surface area contributed by atoms with Crippen molar-refractivity contribution in [3.05, 3.63) is 52.5 Å². The van der Waals surface area contributed by atoms with E-state index in [0.717, 1.165) is 60.5 Å². The van der Waals surface area contributed by atoms with E-state index in [1.54, 1.807) is 4.90 Å². The smallest absolute Gasteiger partial charge is 0.382 e. The first-order valence-electron chi connectivity index (χ1n) is 12.3. The number of alkyl halides is 3. The van der Waals surface area contributed by atoms with Gasteiger partial charge in [0, 0.05) is 37.5 Å². The van der Waals surface area contributed by atoms with Gasteiger partial charge in [-0.05, 0) is 75.8 Å². The maximum atomic E-state index is 12.8. The Hall–Kier alpha value is -3.14. The molecule has 0 bridgehead atoms. The van der Waals surface area contributed by atoms with Crippen LogP contribution in [0.15, 0.2) is 24.3 Å². The molecule has 2 aromatic heterocycles. The van der Waals surface area contributed by atoms with Gasteiger partial charge < -0.3 is 19.9 Å². The topological polar surface area (TPSA) is 86.3 Å². The molecule has 1 fully saturated rings. The second-order valence-corrected chi connectivity index (χ2v) is 9.32. The Morgan fingerprint density at radius 1 is 1.14 bits per heavy atom. The van der Waals surface area contributed by atoms with E-state index in [1.807, 2.05) is 20.8 Å². The number of ether oxygens (including phenoxy) is 1. The average Bonchev–Trinajstić information content (AvgIpc) is 3.23. The third-order valence-corrected chi connectivity index (χ3v) is 7.03. The maximum absolute atomic E-state index is 12.8. The molecule has 1 aliphatic heterocycles. The largest absolute Gasteiger partial charge is 0.416 e. The van der Waals surface area contributed by atoms with Gasteiger partial charge >= 0.3 is 6.18 Å². The lowest BCUT2D eigenvalue weighted by molar-refractivity contribution is -0.137. The number of anilines is 1. The summed E-state index contributed by atoms with van der Waals surface area (Å²) in [6, 6.07) is 4.43. The van der Waals surface area contributed by atoms with Gasteiger partial charge in [-0.15, -0.1) is 0 Å². The lowest BCUT2D eigenvalue weighted by Crippen LogP contribution is -2.38. The zero-order valence-electron chi connectivity index (χ0n) is 20.9. The summed E-state index contributed by atoms with van der Waals surface area (Å²) in [5, 5.41) is 0. The summed E-state index contributed by atoms with van der Waals surface area (Å²) in [4.78, 5) is 23.7. The van der Waals surface area contributed by atoms with Gasteiger partial charge in [0.05, 0.1) is 11.1 Å². The highest BCUT2D eigenvalue weighted by Crippen LogP contribution is 2.31. The van der Waals surface area contributed by atoms with Gasteiger partial charge in [0.25, 0.3) is 5.91 Å². The van der Waals surface area contributed by atoms with Gasteiger partial charge in [-0.1, -0.05) is 0 Å². The van der Waals surface area contributed by atoms with Crippen LogP contribution in [0.2, 0.25) is 0 Å². The third-order valence-electron chi connectivity index (χ3n) is 7.03. The number of hydrogen-bond acceptors (Lipinski definition) is 5. The normalized spacial score (nSPS) is 15.1. The fourth-order valence-electron chi connectivity index (χ4n) is 4.81. The quantitative estimate of drug-likeness (QED) is 0.483. The monoisotopic (exact) mass is 503 g/mol. The summed E-state index contributed by atoms with van der Waals surface area (Å²) in [5.41, 5.74) is 9.32. The molecule has 194 valence electrons. The van der Waals surface area contributed by atoms with Crippen molar-refractivity contribution < 1.29 is 22.7 Å². The van der Waals surface area contributed by atoms with Crippen molar-refractivity contribution in [2.45, 2.75) is 59.4 Å². The number of rotatable bonds is 7. The van der Waals surface area contributed by atoms with Crippen molar-refractivity contribution in [1.29, 1.82) is 0 Å². The van der Waals surface area contributed by atoms with Crippen molar-refractivity contribution in [1.82, 2.24) is 19.4 Å². The first kappa shape index (κ1) is 25.9. The second kappa shape index (κ2) is 10.5. The first-order chi connectivity index (χ1) is 17.1. The summed E-state index contributed by atoms with van der Waals surface area (Å²) in [6.07, 6.45) is -1.83. The summed E-state index contributed by atoms with van der Waals surface area (Å²) in [7, 11) is 0. The van der Waals surface area contributed by atoms with E-state index in [9.17, 15) is 18.0 Å². The Balaban J connectivity index is 1.41. The van der Waals surface area contributed by atoms with Gasteiger partial charge in [0.1, 0.15) is 17.9 Å². The molecular formula is C26H32F3N5O2. The molecule has 4 rings (SSSR count). The number of amides is 1. The van der Waals surface area contributed by atoms with Crippen molar-refractivity contribution >= 4 is 22.8 Å². The number of benzene rings is 1. The van der Waals surface area contributed by atoms with Gasteiger partial charge in [0.2, 0.25) is 0 Å². The minimum atomic E-state index is -4.41. The van der Waals surface area contributed by atoms with Crippen molar-refractivity contribution in [2.75, 3.05) is 25.4 Å². The molecule has 10 heteroatoms. The lowest BCUT2D eigenvalue weighted by atomic mass is 9.93. The molecule has 1 aliphatic rings. The number of piperidine rings is 1. The number of nitrogens with two attached hydrogens (primary N) is 1. The minimum absolute atomic E-state index is 0.226. The number of nitrogens with zero attached hydrogens (tertiary/aromatic N) is 4. The van der Waals surface area contributed by atoms with Gasteiger partial charge in [-0.3, -0.25) is 4.79 Å². The highest BCUT2D eigenvalue weighted by Gasteiger charge is 2.31. The standard InChI is InChI=1S/C26H32F3N5O2/c1-4-36-15-21-32-22-23(16(2)17(3)31-24(22)30)34(21)14-11-18-9-12-33(13-10-18)25(35)19-5-7-20(8-6-19)26(27,28)29/h5-8,18H,4,9-15H2,1-3H3,(H2,30,31). The number of aromatic nitrogens is 3. The Morgan fingerprint density at radius 2 is 1.81 bits per heavy atom. The molecule has 7 nitrogen and oxygen atoms in total. The number of aryl methyl sites for hydroxylation is 3. The van der Waals surface area contributed by atoms with Crippen LogP contribution < -0.4 is 5.73 Å². The molecule has 0 saturated carbocycles. The van der Waals surface area contributed by atoms with Crippen LogP contribution in [0, 0.1) is 19.8 Å². The fourth-order valence-corrected chi connectivity index (χ4v) is 4.81. The zero-order valence-corrected chi connectivity index (χ0v) is 20.9. The van der Waals surface area contributed by atoms with Crippen LogP contribution in [0.4, 0.5) is 19.0 Å². The lowest BCUT2D eigenvalue weighted by Gasteiger charge is -2.32. The van der Waals surface area contributed by atoms with Gasteiger partial charge in [-0.25, -0.2) is 9.97 Å². The van der Waals surface area contributed by atoms with E-state index in [-0.39, 0.29) is 11.5 Å². The number of carbonyl (C=O) groups excluding carboxylic acids is 1. The third kappa shape index (κ3) is 5.33. The predicted octanol–water partition coefficient (Wildman–Crippen LogP) is 5.13. The maximum Gasteiger partial charge on any atom is 0.416 e. The van der Waals surface area contributed by atoms with Gasteiger partial charge in [-0.2, -0.15) is 13.2 Å². The molecule has 0 spiro atoms. The predicted molar refractivity (Wildman–Crippen MR) is 131 cm³/mol. The number of likely N-dealkylation sites (tertiary alicyclic amines) is 1. The Labute approximate surface area is 208 Å². The number of halogens is 3. The van der Waals surface area contributed by atoms with Crippen LogP contribution >= 0.6 is 0 Å². The van der Waals surface area contributed by atoms with Crippen LogP contribution in [0.1, 0.15) is 59.2 Å². The zero-order chi connectivity index (χ0) is 26.0. The summed E-state index contributed by atoms with van der Waals surface area (Å²) in [5.74, 6) is 1.43. The van der Waals surface area contributed by atoms with Crippen molar-refractivity contribution in [2.24, 2.45) is 5.92 Å². The van der Waals surface area contributed by atoms with E-state index in [0.29, 0.717) is 43.6 Å². The molecule has 1 amide bonds.